The molecular formula is C17H25NO. The molecule has 0 spiro atoms. The van der Waals surface area contributed by atoms with Gasteiger partial charge in [-0.05, 0) is 58.9 Å². The molecule has 1 amide bonds. The summed E-state index contributed by atoms with van der Waals surface area (Å²) in [4.78, 5) is 11.4. The lowest BCUT2D eigenvalue weighted by Crippen LogP contribution is -2.18. The molecule has 19 heavy (non-hydrogen) atoms. The molecule has 2 rings (SSSR count). The van der Waals surface area contributed by atoms with Crippen molar-refractivity contribution >= 4 is 5.91 Å². The highest BCUT2D eigenvalue weighted by atomic mass is 16.1. The minimum Gasteiger partial charge on any atom is -0.369 e. The number of carbonyl (C=O) groups is 1. The molecule has 0 saturated carbocycles. The minimum atomic E-state index is -0.221. The molecule has 0 aromatic heterocycles. The zero-order valence-electron chi connectivity index (χ0n) is 12.5. The lowest BCUT2D eigenvalue weighted by Gasteiger charge is -2.23. The summed E-state index contributed by atoms with van der Waals surface area (Å²) in [6, 6.07) is 2.33. The van der Waals surface area contributed by atoms with Crippen LogP contribution in [0.4, 0.5) is 0 Å². The van der Waals surface area contributed by atoms with E-state index in [0.717, 1.165) is 6.42 Å². The van der Waals surface area contributed by atoms with Gasteiger partial charge in [0.25, 0.3) is 0 Å². The van der Waals surface area contributed by atoms with Crippen LogP contribution in [0.1, 0.15) is 73.8 Å². The van der Waals surface area contributed by atoms with Crippen LogP contribution in [-0.4, -0.2) is 5.91 Å². The number of benzene rings is 1. The van der Waals surface area contributed by atoms with Gasteiger partial charge in [0.15, 0.2) is 0 Å². The molecule has 0 aliphatic heterocycles. The van der Waals surface area contributed by atoms with Gasteiger partial charge < -0.3 is 5.73 Å². The first-order chi connectivity index (χ1) is 8.91. The number of rotatable bonds is 4. The Morgan fingerprint density at radius 2 is 1.89 bits per heavy atom. The first-order valence-electron chi connectivity index (χ1n) is 7.37. The van der Waals surface area contributed by atoms with Crippen LogP contribution in [0.5, 0.6) is 0 Å². The van der Waals surface area contributed by atoms with Crippen LogP contribution in [0.25, 0.3) is 0 Å². The molecule has 0 unspecified atom stereocenters. The Balaban J connectivity index is 2.68. The Morgan fingerprint density at radius 3 is 2.42 bits per heavy atom. The number of hydrogen-bond donors (Lipinski definition) is 1. The van der Waals surface area contributed by atoms with Gasteiger partial charge >= 0.3 is 0 Å². The maximum atomic E-state index is 11.4. The van der Waals surface area contributed by atoms with Crippen LogP contribution >= 0.6 is 0 Å². The van der Waals surface area contributed by atoms with Crippen molar-refractivity contribution in [2.45, 2.75) is 65.2 Å². The number of hydrogen-bond acceptors (Lipinski definition) is 1. The van der Waals surface area contributed by atoms with Gasteiger partial charge in [-0.3, -0.25) is 4.79 Å². The minimum absolute atomic E-state index is 0.221. The maximum absolute atomic E-state index is 11.4. The zero-order chi connectivity index (χ0) is 14.2. The van der Waals surface area contributed by atoms with Crippen LogP contribution in [0.3, 0.4) is 0 Å². The molecule has 2 heteroatoms. The molecule has 0 radical (unpaired) electrons. The van der Waals surface area contributed by atoms with Crippen molar-refractivity contribution in [3.05, 3.63) is 33.9 Å². The second-order valence-corrected chi connectivity index (χ2v) is 6.30. The van der Waals surface area contributed by atoms with E-state index < -0.39 is 0 Å². The second kappa shape index (κ2) is 5.36. The van der Waals surface area contributed by atoms with E-state index in [0.29, 0.717) is 18.3 Å². The molecule has 0 heterocycles. The molecule has 0 fully saturated rings. The number of aryl methyl sites for hydroxylation is 1. The fourth-order valence-corrected chi connectivity index (χ4v) is 3.43. The number of fused-ring (bicyclic) bond motifs is 1. The molecule has 0 bridgehead atoms. The molecule has 0 atom stereocenters. The van der Waals surface area contributed by atoms with E-state index in [1.165, 1.54) is 40.7 Å². The van der Waals surface area contributed by atoms with Gasteiger partial charge in [0.05, 0.1) is 6.42 Å². The fraction of sp³-hybridized carbons (Fsp3) is 0.588. The lowest BCUT2D eigenvalue weighted by molar-refractivity contribution is -0.117. The normalized spacial score (nSPS) is 14.2. The first kappa shape index (κ1) is 14.1. The van der Waals surface area contributed by atoms with Gasteiger partial charge in [-0.1, -0.05) is 33.8 Å². The lowest BCUT2D eigenvalue weighted by atomic mass is 9.82. The predicted molar refractivity (Wildman–Crippen MR) is 79.5 cm³/mol. The third kappa shape index (κ3) is 2.68. The number of nitrogens with two attached hydrogens (primary N) is 1. The molecule has 1 aromatic rings. The van der Waals surface area contributed by atoms with E-state index in [-0.39, 0.29) is 5.91 Å². The summed E-state index contributed by atoms with van der Waals surface area (Å²) in [7, 11) is 0. The van der Waals surface area contributed by atoms with Gasteiger partial charge in [-0.15, -0.1) is 0 Å². The van der Waals surface area contributed by atoms with Crippen LogP contribution in [0.15, 0.2) is 6.07 Å². The molecule has 2 nitrogen and oxygen atoms in total. The van der Waals surface area contributed by atoms with Crippen LogP contribution in [0, 0.1) is 0 Å². The van der Waals surface area contributed by atoms with E-state index in [9.17, 15) is 4.79 Å². The smallest absolute Gasteiger partial charge is 0.221 e. The topological polar surface area (TPSA) is 43.1 Å². The standard InChI is InChI=1S/C17H25NO/c1-10(2)14-8-12-6-5-7-13(12)17(11(3)4)15(14)9-16(18)19/h8,10-11H,5-7,9H2,1-4H3,(H2,18,19). The number of primary amides is 1. The van der Waals surface area contributed by atoms with Crippen molar-refractivity contribution in [1.29, 1.82) is 0 Å². The van der Waals surface area contributed by atoms with Crippen molar-refractivity contribution in [3.8, 4) is 0 Å². The summed E-state index contributed by atoms with van der Waals surface area (Å²) in [6.45, 7) is 8.85. The van der Waals surface area contributed by atoms with Gasteiger partial charge in [-0.2, -0.15) is 0 Å². The Morgan fingerprint density at radius 1 is 1.21 bits per heavy atom. The van der Waals surface area contributed by atoms with Gasteiger partial charge in [0, 0.05) is 0 Å². The monoisotopic (exact) mass is 259 g/mol. The average molecular weight is 259 g/mol. The summed E-state index contributed by atoms with van der Waals surface area (Å²) >= 11 is 0. The summed E-state index contributed by atoms with van der Waals surface area (Å²) in [5.41, 5.74) is 12.4. The average Bonchev–Trinajstić information content (AvgIpc) is 2.73. The third-order valence-corrected chi connectivity index (χ3v) is 4.14. The van der Waals surface area contributed by atoms with Gasteiger partial charge in [-0.25, -0.2) is 0 Å². The highest BCUT2D eigenvalue weighted by Crippen LogP contribution is 2.37. The fourth-order valence-electron chi connectivity index (χ4n) is 3.43. The molecular weight excluding hydrogens is 234 g/mol. The van der Waals surface area contributed by atoms with Gasteiger partial charge in [0.1, 0.15) is 0 Å². The van der Waals surface area contributed by atoms with Crippen molar-refractivity contribution in [3.63, 3.8) is 0 Å². The first-order valence-corrected chi connectivity index (χ1v) is 7.37. The van der Waals surface area contributed by atoms with E-state index in [2.05, 4.69) is 33.8 Å². The molecule has 1 aromatic carbocycles. The molecule has 1 aliphatic rings. The van der Waals surface area contributed by atoms with Crippen molar-refractivity contribution < 1.29 is 4.79 Å². The summed E-state index contributed by atoms with van der Waals surface area (Å²) in [5, 5.41) is 0. The largest absolute Gasteiger partial charge is 0.369 e. The van der Waals surface area contributed by atoms with Crippen molar-refractivity contribution in [2.24, 2.45) is 5.73 Å². The van der Waals surface area contributed by atoms with E-state index in [4.69, 9.17) is 5.73 Å². The van der Waals surface area contributed by atoms with E-state index in [1.807, 2.05) is 0 Å². The Hall–Kier alpha value is -1.31. The summed E-state index contributed by atoms with van der Waals surface area (Å²) in [5.74, 6) is 0.680. The summed E-state index contributed by atoms with van der Waals surface area (Å²) in [6.07, 6.45) is 3.97. The van der Waals surface area contributed by atoms with E-state index in [1.54, 1.807) is 0 Å². The maximum Gasteiger partial charge on any atom is 0.221 e. The number of carbonyl (C=O) groups excluding carboxylic acids is 1. The molecule has 1 aliphatic carbocycles. The van der Waals surface area contributed by atoms with Crippen LogP contribution in [0.2, 0.25) is 0 Å². The van der Waals surface area contributed by atoms with Crippen molar-refractivity contribution in [1.82, 2.24) is 0 Å². The molecule has 104 valence electrons. The van der Waals surface area contributed by atoms with Gasteiger partial charge in [0.2, 0.25) is 5.91 Å². The Labute approximate surface area is 116 Å². The number of amides is 1. The van der Waals surface area contributed by atoms with Crippen LogP contribution in [-0.2, 0) is 24.1 Å². The zero-order valence-corrected chi connectivity index (χ0v) is 12.5. The SMILES string of the molecule is CC(C)c1cc2c(c(C(C)C)c1CC(N)=O)CCC2. The highest BCUT2D eigenvalue weighted by molar-refractivity contribution is 5.78. The van der Waals surface area contributed by atoms with Crippen molar-refractivity contribution in [2.75, 3.05) is 0 Å². The third-order valence-electron chi connectivity index (χ3n) is 4.14. The molecule has 2 N–H and O–H groups in total. The van der Waals surface area contributed by atoms with E-state index >= 15 is 0 Å². The van der Waals surface area contributed by atoms with Crippen LogP contribution < -0.4 is 5.73 Å². The summed E-state index contributed by atoms with van der Waals surface area (Å²) < 4.78 is 0. The highest BCUT2D eigenvalue weighted by Gasteiger charge is 2.24. The Kier molecular flexibility index (Phi) is 3.98. The predicted octanol–water partition coefficient (Wildman–Crippen LogP) is 3.45. The second-order valence-electron chi connectivity index (χ2n) is 6.30. The quantitative estimate of drug-likeness (QED) is 0.884. The Bertz CT molecular complexity index is 500. The molecule has 0 saturated heterocycles.